The molecule has 0 spiro atoms. The standard InChI is InChI=1S/C15H27NO7/c1-13(17)11-22-7-5-3-4-6-21-8-9-23-12-14(18)16-10-15(19)20-2/h3-12H2,1-2H3,(H,16,18). The zero-order valence-electron chi connectivity index (χ0n) is 13.9. The second kappa shape index (κ2) is 15.4. The molecular weight excluding hydrogens is 306 g/mol. The molecule has 0 bridgehead atoms. The van der Waals surface area contributed by atoms with Crippen molar-refractivity contribution in [2.75, 3.05) is 53.3 Å². The van der Waals surface area contributed by atoms with Gasteiger partial charge < -0.3 is 24.3 Å². The van der Waals surface area contributed by atoms with Crippen LogP contribution in [-0.2, 0) is 33.3 Å². The van der Waals surface area contributed by atoms with E-state index < -0.39 is 5.97 Å². The maximum Gasteiger partial charge on any atom is 0.325 e. The largest absolute Gasteiger partial charge is 0.468 e. The molecule has 0 fully saturated rings. The topological polar surface area (TPSA) is 100 Å². The van der Waals surface area contributed by atoms with E-state index in [1.165, 1.54) is 14.0 Å². The number of amides is 1. The molecule has 0 atom stereocenters. The SMILES string of the molecule is COC(=O)CNC(=O)COCCOCCCCCOCC(C)=O. The van der Waals surface area contributed by atoms with Crippen LogP contribution in [0.2, 0.25) is 0 Å². The molecule has 0 aliphatic rings. The highest BCUT2D eigenvalue weighted by molar-refractivity contribution is 5.82. The van der Waals surface area contributed by atoms with Gasteiger partial charge in [-0.2, -0.15) is 0 Å². The van der Waals surface area contributed by atoms with Crippen molar-refractivity contribution in [3.63, 3.8) is 0 Å². The van der Waals surface area contributed by atoms with Crippen LogP contribution in [-0.4, -0.2) is 71.0 Å². The number of unbranched alkanes of at least 4 members (excludes halogenated alkanes) is 2. The van der Waals surface area contributed by atoms with Crippen LogP contribution >= 0.6 is 0 Å². The summed E-state index contributed by atoms with van der Waals surface area (Å²) in [4.78, 5) is 32.7. The first-order valence-electron chi connectivity index (χ1n) is 7.62. The van der Waals surface area contributed by atoms with Crippen molar-refractivity contribution >= 4 is 17.7 Å². The minimum Gasteiger partial charge on any atom is -0.468 e. The van der Waals surface area contributed by atoms with Gasteiger partial charge in [-0.1, -0.05) is 0 Å². The first-order valence-corrected chi connectivity index (χ1v) is 7.62. The lowest BCUT2D eigenvalue weighted by atomic mass is 10.2. The van der Waals surface area contributed by atoms with E-state index in [0.717, 1.165) is 19.3 Å². The summed E-state index contributed by atoms with van der Waals surface area (Å²) in [5.41, 5.74) is 0. The van der Waals surface area contributed by atoms with Gasteiger partial charge >= 0.3 is 5.97 Å². The Hall–Kier alpha value is -1.51. The van der Waals surface area contributed by atoms with Crippen molar-refractivity contribution in [2.45, 2.75) is 26.2 Å². The fraction of sp³-hybridized carbons (Fsp3) is 0.800. The minimum absolute atomic E-state index is 0.0345. The van der Waals surface area contributed by atoms with Gasteiger partial charge in [-0.25, -0.2) is 0 Å². The average Bonchev–Trinajstić information content (AvgIpc) is 2.53. The Morgan fingerprint density at radius 3 is 2.09 bits per heavy atom. The van der Waals surface area contributed by atoms with Gasteiger partial charge in [0.2, 0.25) is 5.91 Å². The predicted octanol–water partition coefficient (Wildman–Crippen LogP) is 0.0847. The Bertz CT molecular complexity index is 347. The average molecular weight is 333 g/mol. The molecule has 0 aromatic heterocycles. The fourth-order valence-electron chi connectivity index (χ4n) is 1.48. The molecule has 8 nitrogen and oxygen atoms in total. The van der Waals surface area contributed by atoms with Crippen molar-refractivity contribution in [3.8, 4) is 0 Å². The van der Waals surface area contributed by atoms with Crippen LogP contribution in [0.3, 0.4) is 0 Å². The number of nitrogens with one attached hydrogen (secondary N) is 1. The van der Waals surface area contributed by atoms with E-state index >= 15 is 0 Å². The maximum atomic E-state index is 11.2. The van der Waals surface area contributed by atoms with Gasteiger partial charge in [0.25, 0.3) is 0 Å². The molecule has 0 saturated carbocycles. The predicted molar refractivity (Wildman–Crippen MR) is 82.0 cm³/mol. The van der Waals surface area contributed by atoms with Crippen molar-refractivity contribution in [1.29, 1.82) is 0 Å². The van der Waals surface area contributed by atoms with E-state index in [1.807, 2.05) is 0 Å². The second-order valence-corrected chi connectivity index (χ2v) is 4.83. The van der Waals surface area contributed by atoms with Crippen molar-refractivity contribution in [2.24, 2.45) is 0 Å². The van der Waals surface area contributed by atoms with Gasteiger partial charge in [0.1, 0.15) is 19.8 Å². The molecule has 0 aliphatic heterocycles. The van der Waals surface area contributed by atoms with Crippen molar-refractivity contribution in [1.82, 2.24) is 5.32 Å². The number of rotatable bonds is 15. The van der Waals surface area contributed by atoms with Gasteiger partial charge in [0, 0.05) is 13.2 Å². The first kappa shape index (κ1) is 21.5. The summed E-state index contributed by atoms with van der Waals surface area (Å²) >= 11 is 0. The summed E-state index contributed by atoms with van der Waals surface area (Å²) in [6.45, 7) is 3.32. The van der Waals surface area contributed by atoms with Crippen LogP contribution in [0, 0.1) is 0 Å². The third-order valence-electron chi connectivity index (χ3n) is 2.65. The van der Waals surface area contributed by atoms with Crippen LogP contribution in [0.15, 0.2) is 0 Å². The Labute approximate surface area is 136 Å². The Balaban J connectivity index is 3.20. The lowest BCUT2D eigenvalue weighted by Gasteiger charge is -2.06. The molecule has 8 heteroatoms. The molecule has 1 amide bonds. The number of Topliss-reactive ketones (excluding diaryl/α,β-unsaturated/α-hetero) is 1. The third-order valence-corrected chi connectivity index (χ3v) is 2.65. The zero-order chi connectivity index (χ0) is 17.3. The number of carbonyl (C=O) groups excluding carboxylic acids is 3. The molecule has 0 aliphatic carbocycles. The number of ether oxygens (including phenoxy) is 4. The number of hydrogen-bond acceptors (Lipinski definition) is 7. The summed E-state index contributed by atoms with van der Waals surface area (Å²) in [6.07, 6.45) is 2.77. The number of carbonyl (C=O) groups is 3. The van der Waals surface area contributed by atoms with Gasteiger partial charge in [-0.15, -0.1) is 0 Å². The van der Waals surface area contributed by atoms with Crippen molar-refractivity contribution in [3.05, 3.63) is 0 Å². The Morgan fingerprint density at radius 2 is 1.43 bits per heavy atom. The van der Waals surface area contributed by atoms with Crippen LogP contribution in [0.5, 0.6) is 0 Å². The Morgan fingerprint density at radius 1 is 0.826 bits per heavy atom. The lowest BCUT2D eigenvalue weighted by Crippen LogP contribution is -2.33. The molecule has 0 aromatic carbocycles. The van der Waals surface area contributed by atoms with E-state index in [0.29, 0.717) is 26.4 Å². The molecular formula is C15H27NO7. The number of esters is 1. The van der Waals surface area contributed by atoms with Gasteiger partial charge in [-0.3, -0.25) is 14.4 Å². The van der Waals surface area contributed by atoms with E-state index in [1.54, 1.807) is 0 Å². The summed E-state index contributed by atoms with van der Waals surface area (Å²) in [5.74, 6) is -0.846. The highest BCUT2D eigenvalue weighted by atomic mass is 16.5. The van der Waals surface area contributed by atoms with Crippen LogP contribution in [0.4, 0.5) is 0 Å². The van der Waals surface area contributed by atoms with E-state index in [-0.39, 0.29) is 31.4 Å². The summed E-state index contributed by atoms with van der Waals surface area (Å²) in [7, 11) is 1.25. The van der Waals surface area contributed by atoms with Crippen molar-refractivity contribution < 1.29 is 33.3 Å². The number of hydrogen-bond donors (Lipinski definition) is 1. The normalized spacial score (nSPS) is 10.3. The van der Waals surface area contributed by atoms with Gasteiger partial charge in [0.05, 0.1) is 20.3 Å². The van der Waals surface area contributed by atoms with Crippen LogP contribution < -0.4 is 5.32 Å². The van der Waals surface area contributed by atoms with E-state index in [4.69, 9.17) is 14.2 Å². The quantitative estimate of drug-likeness (QED) is 0.335. The minimum atomic E-state index is -0.506. The Kier molecular flexibility index (Phi) is 14.4. The highest BCUT2D eigenvalue weighted by Crippen LogP contribution is 1.96. The van der Waals surface area contributed by atoms with Gasteiger partial charge in [0.15, 0.2) is 5.78 Å². The summed E-state index contributed by atoms with van der Waals surface area (Å²) < 4.78 is 20.0. The molecule has 134 valence electrons. The number of methoxy groups -OCH3 is 1. The number of ketones is 1. The molecule has 1 N–H and O–H groups in total. The van der Waals surface area contributed by atoms with Crippen LogP contribution in [0.25, 0.3) is 0 Å². The summed E-state index contributed by atoms with van der Waals surface area (Å²) in [6, 6.07) is 0. The molecule has 23 heavy (non-hydrogen) atoms. The lowest BCUT2D eigenvalue weighted by molar-refractivity contribution is -0.141. The molecule has 0 aromatic rings. The van der Waals surface area contributed by atoms with E-state index in [2.05, 4.69) is 10.1 Å². The fourth-order valence-corrected chi connectivity index (χ4v) is 1.48. The van der Waals surface area contributed by atoms with E-state index in [9.17, 15) is 14.4 Å². The molecule has 0 radical (unpaired) electrons. The van der Waals surface area contributed by atoms with Crippen LogP contribution in [0.1, 0.15) is 26.2 Å². The smallest absolute Gasteiger partial charge is 0.325 e. The second-order valence-electron chi connectivity index (χ2n) is 4.83. The summed E-state index contributed by atoms with van der Waals surface area (Å²) in [5, 5.41) is 2.36. The maximum absolute atomic E-state index is 11.2. The zero-order valence-corrected chi connectivity index (χ0v) is 13.9. The highest BCUT2D eigenvalue weighted by Gasteiger charge is 2.04. The molecule has 0 saturated heterocycles. The molecule has 0 heterocycles. The first-order chi connectivity index (χ1) is 11.1. The van der Waals surface area contributed by atoms with Gasteiger partial charge in [-0.05, 0) is 26.2 Å². The monoisotopic (exact) mass is 333 g/mol. The molecule has 0 unspecified atom stereocenters. The third kappa shape index (κ3) is 16.7. The molecule has 0 rings (SSSR count).